The van der Waals surface area contributed by atoms with Gasteiger partial charge in [-0.2, -0.15) is 0 Å². The van der Waals surface area contributed by atoms with Crippen molar-refractivity contribution in [3.63, 3.8) is 0 Å². The second-order valence-electron chi connectivity index (χ2n) is 8.93. The Bertz CT molecular complexity index is 1620. The zero-order valence-corrected chi connectivity index (χ0v) is 22.4. The van der Waals surface area contributed by atoms with E-state index in [4.69, 9.17) is 19.2 Å². The lowest BCUT2D eigenvalue weighted by molar-refractivity contribution is -0.132. The van der Waals surface area contributed by atoms with E-state index in [1.807, 2.05) is 26.0 Å². The third-order valence-corrected chi connectivity index (χ3v) is 7.55. The molecule has 0 aliphatic carbocycles. The van der Waals surface area contributed by atoms with Crippen LogP contribution in [-0.2, 0) is 9.59 Å². The highest BCUT2D eigenvalue weighted by atomic mass is 32.1. The molecule has 3 aromatic carbocycles. The van der Waals surface area contributed by atoms with E-state index < -0.39 is 17.7 Å². The number of hydrogen-bond donors (Lipinski definition) is 1. The van der Waals surface area contributed by atoms with Crippen LogP contribution in [0.15, 0.2) is 60.2 Å². The van der Waals surface area contributed by atoms with Crippen molar-refractivity contribution in [3.05, 3.63) is 82.4 Å². The van der Waals surface area contributed by atoms with Crippen molar-refractivity contribution in [2.24, 2.45) is 0 Å². The van der Waals surface area contributed by atoms with Crippen LogP contribution in [-0.4, -0.2) is 43.1 Å². The number of methoxy groups -OCH3 is 3. The molecule has 0 saturated carbocycles. The third kappa shape index (κ3) is 4.14. The number of nitrogens with zero attached hydrogens (tertiary/aromatic N) is 2. The Morgan fingerprint density at radius 2 is 1.68 bits per heavy atom. The van der Waals surface area contributed by atoms with E-state index in [1.165, 1.54) is 37.6 Å². The molecule has 0 spiro atoms. The maximum absolute atomic E-state index is 13.6. The number of carbonyl (C=O) groups excluding carboxylic acids is 2. The number of fused-ring (bicyclic) bond motifs is 1. The highest BCUT2D eigenvalue weighted by Crippen LogP contribution is 2.47. The fourth-order valence-corrected chi connectivity index (χ4v) is 5.93. The summed E-state index contributed by atoms with van der Waals surface area (Å²) < 4.78 is 17.3. The summed E-state index contributed by atoms with van der Waals surface area (Å²) in [5.74, 6) is -0.524. The molecule has 2 heterocycles. The number of aromatic nitrogens is 1. The lowest BCUT2D eigenvalue weighted by Crippen LogP contribution is -2.29. The Morgan fingerprint density at radius 1 is 0.947 bits per heavy atom. The van der Waals surface area contributed by atoms with Gasteiger partial charge >= 0.3 is 5.91 Å². The minimum Gasteiger partial charge on any atom is -0.507 e. The molecule has 1 unspecified atom stereocenters. The average Bonchev–Trinajstić information content (AvgIpc) is 3.46. The van der Waals surface area contributed by atoms with Gasteiger partial charge in [-0.25, -0.2) is 4.98 Å². The fourth-order valence-electron chi connectivity index (χ4n) is 4.76. The van der Waals surface area contributed by atoms with E-state index in [2.05, 4.69) is 0 Å². The quantitative estimate of drug-likeness (QED) is 0.198. The zero-order valence-electron chi connectivity index (χ0n) is 21.6. The molecule has 194 valence electrons. The van der Waals surface area contributed by atoms with Gasteiger partial charge in [0, 0.05) is 11.1 Å². The Morgan fingerprint density at radius 3 is 2.39 bits per heavy atom. The van der Waals surface area contributed by atoms with Gasteiger partial charge in [-0.15, -0.1) is 0 Å². The number of hydrogen-bond acceptors (Lipinski definition) is 8. The first-order chi connectivity index (χ1) is 18.3. The molecule has 0 radical (unpaired) electrons. The molecule has 1 saturated heterocycles. The molecule has 9 heteroatoms. The number of anilines is 1. The van der Waals surface area contributed by atoms with Crippen molar-refractivity contribution < 1.29 is 28.9 Å². The van der Waals surface area contributed by atoms with Crippen LogP contribution >= 0.6 is 11.3 Å². The highest BCUT2D eigenvalue weighted by Gasteiger charge is 2.49. The molecule has 4 aromatic rings. The van der Waals surface area contributed by atoms with Gasteiger partial charge in [-0.05, 0) is 61.4 Å². The number of ketones is 1. The van der Waals surface area contributed by atoms with Crippen molar-refractivity contribution >= 4 is 44.1 Å². The van der Waals surface area contributed by atoms with Gasteiger partial charge in [-0.3, -0.25) is 14.5 Å². The maximum atomic E-state index is 13.6. The predicted octanol–water partition coefficient (Wildman–Crippen LogP) is 5.57. The first kappa shape index (κ1) is 25.3. The van der Waals surface area contributed by atoms with Crippen LogP contribution in [0.25, 0.3) is 16.0 Å². The maximum Gasteiger partial charge on any atom is 0.301 e. The molecular formula is C29H26N2O6S. The number of amides is 1. The number of rotatable bonds is 6. The number of ether oxygens (including phenoxy) is 3. The molecule has 8 nitrogen and oxygen atoms in total. The summed E-state index contributed by atoms with van der Waals surface area (Å²) in [5.41, 5.74) is 3.51. The van der Waals surface area contributed by atoms with Crippen molar-refractivity contribution in [1.29, 1.82) is 0 Å². The molecule has 1 amide bonds. The van der Waals surface area contributed by atoms with E-state index in [-0.39, 0.29) is 11.3 Å². The Hall–Kier alpha value is -4.37. The second-order valence-corrected chi connectivity index (χ2v) is 9.94. The molecule has 1 fully saturated rings. The Labute approximate surface area is 223 Å². The first-order valence-corrected chi connectivity index (χ1v) is 12.6. The van der Waals surface area contributed by atoms with Gasteiger partial charge in [0.1, 0.15) is 29.0 Å². The summed E-state index contributed by atoms with van der Waals surface area (Å²) in [4.78, 5) is 33.3. The monoisotopic (exact) mass is 530 g/mol. The minimum atomic E-state index is -1.02. The van der Waals surface area contributed by atoms with Crippen molar-refractivity contribution in [3.8, 4) is 17.2 Å². The summed E-state index contributed by atoms with van der Waals surface area (Å²) in [6.07, 6.45) is 0. The van der Waals surface area contributed by atoms with Gasteiger partial charge in [0.2, 0.25) is 0 Å². The first-order valence-electron chi connectivity index (χ1n) is 11.8. The number of aryl methyl sites for hydroxylation is 2. The average molecular weight is 531 g/mol. The van der Waals surface area contributed by atoms with Crippen LogP contribution in [0, 0.1) is 13.8 Å². The van der Waals surface area contributed by atoms with Gasteiger partial charge in [0.25, 0.3) is 5.78 Å². The standard InChI is InChI=1S/C29H26N2O6S/c1-15-11-16(2)24-22(12-15)38-29(30-24)31-25(20-14-19(36-4)9-10-21(20)37-5)23(27(33)28(31)34)26(32)17-7-6-8-18(13-17)35-3/h6-14,25,32H,1-5H3/b26-23+. The van der Waals surface area contributed by atoms with Crippen LogP contribution in [0.5, 0.6) is 17.2 Å². The number of carbonyl (C=O) groups is 2. The summed E-state index contributed by atoms with van der Waals surface area (Å²) in [7, 11) is 4.54. The normalized spacial score (nSPS) is 16.8. The van der Waals surface area contributed by atoms with Crippen LogP contribution < -0.4 is 19.1 Å². The van der Waals surface area contributed by atoms with Gasteiger partial charge < -0.3 is 19.3 Å². The molecular weight excluding hydrogens is 504 g/mol. The van der Waals surface area contributed by atoms with E-state index in [1.54, 1.807) is 42.5 Å². The SMILES string of the molecule is COc1cccc(/C(O)=C2\C(=O)C(=O)N(c3nc4c(C)cc(C)cc4s3)C2c2cc(OC)ccc2OC)c1. The van der Waals surface area contributed by atoms with E-state index in [0.717, 1.165) is 21.3 Å². The number of Topliss-reactive ketones (excluding diaryl/α,β-unsaturated/α-hetero) is 1. The minimum absolute atomic E-state index is 0.0815. The van der Waals surface area contributed by atoms with Gasteiger partial charge in [0.15, 0.2) is 5.13 Å². The molecule has 1 atom stereocenters. The largest absolute Gasteiger partial charge is 0.507 e. The zero-order chi connectivity index (χ0) is 27.1. The number of aliphatic hydroxyl groups is 1. The van der Waals surface area contributed by atoms with Crippen LogP contribution in [0.4, 0.5) is 5.13 Å². The Balaban J connectivity index is 1.80. The molecule has 1 aliphatic rings. The van der Waals surface area contributed by atoms with Gasteiger partial charge in [0.05, 0.1) is 37.1 Å². The summed E-state index contributed by atoms with van der Waals surface area (Å²) in [6.45, 7) is 3.95. The molecule has 5 rings (SSSR count). The molecule has 1 aromatic heterocycles. The van der Waals surface area contributed by atoms with Crippen LogP contribution in [0.2, 0.25) is 0 Å². The van der Waals surface area contributed by atoms with E-state index >= 15 is 0 Å². The summed E-state index contributed by atoms with van der Waals surface area (Å²) in [6, 6.07) is 14.8. The molecule has 1 aliphatic heterocycles. The van der Waals surface area contributed by atoms with Crippen LogP contribution in [0.3, 0.4) is 0 Å². The topological polar surface area (TPSA) is 98.2 Å². The fraction of sp³-hybridized carbons (Fsp3) is 0.207. The lowest BCUT2D eigenvalue weighted by Gasteiger charge is -2.25. The smallest absolute Gasteiger partial charge is 0.301 e. The molecule has 0 bridgehead atoms. The van der Waals surface area contributed by atoms with E-state index in [9.17, 15) is 14.7 Å². The summed E-state index contributed by atoms with van der Waals surface area (Å²) in [5, 5.41) is 11.8. The Kier molecular flexibility index (Phi) is 6.54. The van der Waals surface area contributed by atoms with Crippen molar-refractivity contribution in [1.82, 2.24) is 4.98 Å². The molecule has 38 heavy (non-hydrogen) atoms. The lowest BCUT2D eigenvalue weighted by atomic mass is 9.94. The third-order valence-electron chi connectivity index (χ3n) is 6.54. The number of thiazole rings is 1. The van der Waals surface area contributed by atoms with Crippen molar-refractivity contribution in [2.75, 3.05) is 26.2 Å². The molecule has 1 N–H and O–H groups in total. The summed E-state index contributed by atoms with van der Waals surface area (Å²) >= 11 is 1.31. The second kappa shape index (κ2) is 9.83. The van der Waals surface area contributed by atoms with Crippen LogP contribution in [0.1, 0.15) is 28.3 Å². The van der Waals surface area contributed by atoms with E-state index in [0.29, 0.717) is 33.5 Å². The van der Waals surface area contributed by atoms with Crippen molar-refractivity contribution in [2.45, 2.75) is 19.9 Å². The number of benzene rings is 3. The predicted molar refractivity (Wildman–Crippen MR) is 146 cm³/mol. The van der Waals surface area contributed by atoms with Gasteiger partial charge in [-0.1, -0.05) is 29.5 Å². The number of aliphatic hydroxyl groups excluding tert-OH is 1. The highest BCUT2D eigenvalue weighted by molar-refractivity contribution is 7.22.